The number of aromatic nitrogens is 2. The first kappa shape index (κ1) is 12.9. The van der Waals surface area contributed by atoms with Crippen LogP contribution in [0.3, 0.4) is 0 Å². The van der Waals surface area contributed by atoms with Crippen molar-refractivity contribution in [2.24, 2.45) is 0 Å². The Morgan fingerprint density at radius 3 is 2.85 bits per heavy atom. The highest BCUT2D eigenvalue weighted by Crippen LogP contribution is 2.09. The summed E-state index contributed by atoms with van der Waals surface area (Å²) in [5, 5.41) is 10.5. The number of amides is 1. The first-order valence-electron chi connectivity index (χ1n) is 6.90. The van der Waals surface area contributed by atoms with E-state index in [2.05, 4.69) is 40.0 Å². The van der Waals surface area contributed by atoms with Gasteiger partial charge >= 0.3 is 0 Å². The van der Waals surface area contributed by atoms with Crippen LogP contribution in [0.25, 0.3) is 5.69 Å². The predicted octanol–water partition coefficient (Wildman–Crippen LogP) is 1.24. The maximum atomic E-state index is 11.1. The molecule has 5 nitrogen and oxygen atoms in total. The maximum absolute atomic E-state index is 11.1. The Bertz CT molecular complexity index is 562. The highest BCUT2D eigenvalue weighted by atomic mass is 16.1. The molecule has 1 aromatic heterocycles. The van der Waals surface area contributed by atoms with E-state index in [0.717, 1.165) is 25.2 Å². The van der Waals surface area contributed by atoms with Gasteiger partial charge in [0.05, 0.1) is 5.69 Å². The summed E-state index contributed by atoms with van der Waals surface area (Å²) in [6.45, 7) is 1.64. The third-order valence-corrected chi connectivity index (χ3v) is 3.51. The molecule has 1 aromatic carbocycles. The van der Waals surface area contributed by atoms with E-state index in [0.29, 0.717) is 6.42 Å². The minimum atomic E-state index is 0.167. The quantitative estimate of drug-likeness (QED) is 0.859. The molecule has 0 bridgehead atoms. The third kappa shape index (κ3) is 3.05. The van der Waals surface area contributed by atoms with E-state index in [9.17, 15) is 4.79 Å². The Balaban J connectivity index is 1.50. The van der Waals surface area contributed by atoms with Gasteiger partial charge in [-0.1, -0.05) is 12.1 Å². The summed E-state index contributed by atoms with van der Waals surface area (Å²) in [4.78, 5) is 11.1. The molecule has 0 radical (unpaired) electrons. The Morgan fingerprint density at radius 2 is 2.20 bits per heavy atom. The first-order valence-corrected chi connectivity index (χ1v) is 6.90. The van der Waals surface area contributed by atoms with Crippen molar-refractivity contribution >= 4 is 5.91 Å². The number of rotatable bonds is 5. The van der Waals surface area contributed by atoms with Gasteiger partial charge in [-0.05, 0) is 30.2 Å². The van der Waals surface area contributed by atoms with Crippen LogP contribution in [-0.4, -0.2) is 28.3 Å². The summed E-state index contributed by atoms with van der Waals surface area (Å²) < 4.78 is 1.84. The monoisotopic (exact) mass is 270 g/mol. The molecule has 1 aliphatic heterocycles. The summed E-state index contributed by atoms with van der Waals surface area (Å²) in [6, 6.07) is 10.5. The maximum Gasteiger partial charge on any atom is 0.220 e. The largest absolute Gasteiger partial charge is 0.352 e. The molecule has 20 heavy (non-hydrogen) atoms. The van der Waals surface area contributed by atoms with E-state index >= 15 is 0 Å². The lowest BCUT2D eigenvalue weighted by molar-refractivity contribution is -0.119. The van der Waals surface area contributed by atoms with Crippen LogP contribution in [0.15, 0.2) is 42.7 Å². The lowest BCUT2D eigenvalue weighted by Crippen LogP contribution is -2.35. The minimum Gasteiger partial charge on any atom is -0.352 e. The van der Waals surface area contributed by atoms with Crippen LogP contribution < -0.4 is 10.6 Å². The van der Waals surface area contributed by atoms with Crippen molar-refractivity contribution in [3.8, 4) is 5.69 Å². The highest BCUT2D eigenvalue weighted by molar-refractivity contribution is 5.78. The molecule has 1 unspecified atom stereocenters. The molecular weight excluding hydrogens is 252 g/mol. The number of nitrogens with zero attached hydrogens (tertiary/aromatic N) is 2. The summed E-state index contributed by atoms with van der Waals surface area (Å²) in [5.41, 5.74) is 2.28. The third-order valence-electron chi connectivity index (χ3n) is 3.51. The summed E-state index contributed by atoms with van der Waals surface area (Å²) in [5.74, 6) is 0.167. The van der Waals surface area contributed by atoms with Crippen molar-refractivity contribution in [1.82, 2.24) is 20.4 Å². The van der Waals surface area contributed by atoms with Crippen molar-refractivity contribution in [3.63, 3.8) is 0 Å². The number of hydrogen-bond donors (Lipinski definition) is 2. The molecule has 3 rings (SSSR count). The molecule has 2 heterocycles. The predicted molar refractivity (Wildman–Crippen MR) is 76.4 cm³/mol. The van der Waals surface area contributed by atoms with E-state index in [1.54, 1.807) is 6.20 Å². The highest BCUT2D eigenvalue weighted by Gasteiger charge is 2.19. The summed E-state index contributed by atoms with van der Waals surface area (Å²) in [6.07, 6.45) is 5.29. The molecule has 104 valence electrons. The molecule has 0 saturated carbocycles. The molecule has 5 heteroatoms. The van der Waals surface area contributed by atoms with Crippen LogP contribution in [-0.2, 0) is 11.3 Å². The average molecular weight is 270 g/mol. The van der Waals surface area contributed by atoms with E-state index in [1.807, 2.05) is 16.9 Å². The fourth-order valence-corrected chi connectivity index (χ4v) is 2.41. The fraction of sp³-hybridized carbons (Fsp3) is 0.333. The smallest absolute Gasteiger partial charge is 0.220 e. The molecule has 0 aliphatic carbocycles. The van der Waals surface area contributed by atoms with Gasteiger partial charge in [-0.15, -0.1) is 0 Å². The number of benzene rings is 1. The zero-order valence-electron chi connectivity index (χ0n) is 11.2. The molecule has 1 atom stereocenters. The number of hydrogen-bond acceptors (Lipinski definition) is 3. The number of carbonyl (C=O) groups excluding carboxylic acids is 1. The lowest BCUT2D eigenvalue weighted by atomic mass is 10.2. The minimum absolute atomic E-state index is 0.167. The lowest BCUT2D eigenvalue weighted by Gasteiger charge is -2.11. The summed E-state index contributed by atoms with van der Waals surface area (Å²) in [7, 11) is 0. The molecule has 2 aromatic rings. The molecule has 0 spiro atoms. The van der Waals surface area contributed by atoms with E-state index in [4.69, 9.17) is 0 Å². The van der Waals surface area contributed by atoms with E-state index in [1.165, 1.54) is 5.56 Å². The van der Waals surface area contributed by atoms with Crippen LogP contribution in [0, 0.1) is 0 Å². The Labute approximate surface area is 118 Å². The molecular formula is C15H18N4O. The Morgan fingerprint density at radius 1 is 1.35 bits per heavy atom. The zero-order chi connectivity index (χ0) is 13.8. The molecule has 1 saturated heterocycles. The van der Waals surface area contributed by atoms with Gasteiger partial charge in [-0.2, -0.15) is 5.10 Å². The fourth-order valence-electron chi connectivity index (χ4n) is 2.41. The van der Waals surface area contributed by atoms with Gasteiger partial charge in [0.2, 0.25) is 5.91 Å². The first-order chi connectivity index (χ1) is 9.81. The van der Waals surface area contributed by atoms with Crippen LogP contribution >= 0.6 is 0 Å². The van der Waals surface area contributed by atoms with Crippen LogP contribution in [0.4, 0.5) is 0 Å². The van der Waals surface area contributed by atoms with E-state index in [-0.39, 0.29) is 11.9 Å². The van der Waals surface area contributed by atoms with Crippen LogP contribution in [0.1, 0.15) is 18.4 Å². The zero-order valence-corrected chi connectivity index (χ0v) is 11.2. The average Bonchev–Trinajstić information content (AvgIpc) is 3.11. The van der Waals surface area contributed by atoms with Crippen molar-refractivity contribution < 1.29 is 4.79 Å². The Kier molecular flexibility index (Phi) is 3.78. The molecule has 2 N–H and O–H groups in total. The van der Waals surface area contributed by atoms with Crippen LogP contribution in [0.2, 0.25) is 0 Å². The van der Waals surface area contributed by atoms with Crippen LogP contribution in [0.5, 0.6) is 0 Å². The second-order valence-electron chi connectivity index (χ2n) is 5.05. The van der Waals surface area contributed by atoms with Crippen molar-refractivity contribution in [2.45, 2.75) is 25.4 Å². The van der Waals surface area contributed by atoms with Gasteiger partial charge in [0, 0.05) is 37.9 Å². The molecule has 1 amide bonds. The van der Waals surface area contributed by atoms with Crippen molar-refractivity contribution in [1.29, 1.82) is 0 Å². The second kappa shape index (κ2) is 5.88. The van der Waals surface area contributed by atoms with Crippen molar-refractivity contribution in [3.05, 3.63) is 48.3 Å². The van der Waals surface area contributed by atoms with Gasteiger partial charge in [0.1, 0.15) is 0 Å². The normalized spacial score (nSPS) is 18.2. The number of nitrogens with one attached hydrogen (secondary N) is 2. The van der Waals surface area contributed by atoms with Gasteiger partial charge in [0.15, 0.2) is 0 Å². The SMILES string of the molecule is O=C1CCC(CNCc2ccc(-n3cccn3)cc2)N1. The van der Waals surface area contributed by atoms with Gasteiger partial charge < -0.3 is 10.6 Å². The molecule has 1 fully saturated rings. The van der Waals surface area contributed by atoms with E-state index < -0.39 is 0 Å². The Hall–Kier alpha value is -2.14. The van der Waals surface area contributed by atoms with Gasteiger partial charge in [0.25, 0.3) is 0 Å². The summed E-state index contributed by atoms with van der Waals surface area (Å²) >= 11 is 0. The standard InChI is InChI=1S/C15H18N4O/c20-15-7-4-13(18-15)11-16-10-12-2-5-14(6-3-12)19-9-1-8-17-19/h1-3,5-6,8-9,13,16H,4,7,10-11H2,(H,18,20). The molecule has 1 aliphatic rings. The van der Waals surface area contributed by atoms with Gasteiger partial charge in [-0.25, -0.2) is 4.68 Å². The topological polar surface area (TPSA) is 59.0 Å². The van der Waals surface area contributed by atoms with Crippen molar-refractivity contribution in [2.75, 3.05) is 6.54 Å². The van der Waals surface area contributed by atoms with Gasteiger partial charge in [-0.3, -0.25) is 4.79 Å². The number of carbonyl (C=O) groups is 1. The second-order valence-corrected chi connectivity index (χ2v) is 5.05.